The molecule has 0 radical (unpaired) electrons. The van der Waals surface area contributed by atoms with Gasteiger partial charge in [0.1, 0.15) is 0 Å². The van der Waals surface area contributed by atoms with Crippen molar-refractivity contribution in [3.8, 4) is 11.5 Å². The third-order valence-electron chi connectivity index (χ3n) is 4.41. The van der Waals surface area contributed by atoms with Gasteiger partial charge in [-0.2, -0.15) is 0 Å². The van der Waals surface area contributed by atoms with E-state index in [2.05, 4.69) is 5.32 Å². The van der Waals surface area contributed by atoms with Crippen molar-refractivity contribution in [3.05, 3.63) is 48.0 Å². The first kappa shape index (κ1) is 19.0. The zero-order chi connectivity index (χ0) is 19.4. The lowest BCUT2D eigenvalue weighted by molar-refractivity contribution is 0.102. The molecule has 1 N–H and O–H groups in total. The van der Waals surface area contributed by atoms with E-state index in [1.807, 2.05) is 0 Å². The van der Waals surface area contributed by atoms with Crippen LogP contribution in [0.2, 0.25) is 0 Å². The van der Waals surface area contributed by atoms with E-state index < -0.39 is 10.0 Å². The first-order chi connectivity index (χ1) is 12.9. The summed E-state index contributed by atoms with van der Waals surface area (Å²) in [4.78, 5) is 12.5. The molecule has 1 fully saturated rings. The minimum absolute atomic E-state index is 0.171. The molecule has 0 aromatic heterocycles. The fourth-order valence-corrected chi connectivity index (χ4v) is 4.61. The van der Waals surface area contributed by atoms with Crippen LogP contribution in [-0.2, 0) is 10.0 Å². The van der Waals surface area contributed by atoms with E-state index in [-0.39, 0.29) is 11.7 Å². The highest BCUT2D eigenvalue weighted by atomic mass is 32.2. The maximum absolute atomic E-state index is 12.5. The maximum Gasteiger partial charge on any atom is 0.255 e. The van der Waals surface area contributed by atoms with Crippen LogP contribution in [0.1, 0.15) is 23.2 Å². The standard InChI is InChI=1S/C19H22N2O5S/c1-25-17-10-5-14(13-18(17)26-2)19(22)20-15-6-8-16(9-7-15)21-11-3-4-12-27(21,23)24/h5-10,13H,3-4,11-12H2,1-2H3,(H,20,22). The van der Waals surface area contributed by atoms with Gasteiger partial charge in [0.15, 0.2) is 11.5 Å². The second-order valence-electron chi connectivity index (χ2n) is 6.17. The molecule has 0 atom stereocenters. The molecule has 2 aromatic rings. The van der Waals surface area contributed by atoms with Crippen LogP contribution < -0.4 is 19.1 Å². The normalized spacial score (nSPS) is 15.9. The average molecular weight is 390 g/mol. The molecule has 3 rings (SSSR count). The van der Waals surface area contributed by atoms with Crippen molar-refractivity contribution < 1.29 is 22.7 Å². The van der Waals surface area contributed by atoms with Crippen molar-refractivity contribution in [1.29, 1.82) is 0 Å². The van der Waals surface area contributed by atoms with Crippen molar-refractivity contribution >= 4 is 27.3 Å². The van der Waals surface area contributed by atoms with Crippen LogP contribution in [0.5, 0.6) is 11.5 Å². The molecule has 0 bridgehead atoms. The molecule has 0 aliphatic carbocycles. The fraction of sp³-hybridized carbons (Fsp3) is 0.316. The number of nitrogens with zero attached hydrogens (tertiary/aromatic N) is 1. The van der Waals surface area contributed by atoms with Crippen LogP contribution in [0.4, 0.5) is 11.4 Å². The Morgan fingerprint density at radius 3 is 2.33 bits per heavy atom. The molecule has 0 saturated carbocycles. The summed E-state index contributed by atoms with van der Waals surface area (Å²) in [5, 5.41) is 2.79. The van der Waals surface area contributed by atoms with Gasteiger partial charge in [0.25, 0.3) is 5.91 Å². The molecule has 0 spiro atoms. The first-order valence-corrected chi connectivity index (χ1v) is 10.2. The molecule has 144 valence electrons. The molecular formula is C19H22N2O5S. The number of sulfonamides is 1. The minimum Gasteiger partial charge on any atom is -0.493 e. The second kappa shape index (κ2) is 7.87. The molecular weight excluding hydrogens is 368 g/mol. The van der Waals surface area contributed by atoms with Gasteiger partial charge in [-0.15, -0.1) is 0 Å². The van der Waals surface area contributed by atoms with Gasteiger partial charge in [0.2, 0.25) is 10.0 Å². The number of hydrogen-bond donors (Lipinski definition) is 1. The number of carbonyl (C=O) groups excluding carboxylic acids is 1. The van der Waals surface area contributed by atoms with E-state index in [1.165, 1.54) is 18.5 Å². The number of methoxy groups -OCH3 is 2. The lowest BCUT2D eigenvalue weighted by Crippen LogP contribution is -2.37. The number of ether oxygens (including phenoxy) is 2. The fourth-order valence-electron chi connectivity index (χ4n) is 2.97. The molecule has 1 amide bonds. The Balaban J connectivity index is 1.74. The van der Waals surface area contributed by atoms with Gasteiger partial charge in [0, 0.05) is 17.8 Å². The van der Waals surface area contributed by atoms with E-state index in [9.17, 15) is 13.2 Å². The number of anilines is 2. The highest BCUT2D eigenvalue weighted by molar-refractivity contribution is 7.92. The summed E-state index contributed by atoms with van der Waals surface area (Å²) in [5.74, 6) is 0.886. The summed E-state index contributed by atoms with van der Waals surface area (Å²) in [6.07, 6.45) is 1.54. The van der Waals surface area contributed by atoms with Gasteiger partial charge in [-0.05, 0) is 55.3 Å². The predicted molar refractivity (Wildman–Crippen MR) is 104 cm³/mol. The summed E-state index contributed by atoms with van der Waals surface area (Å²) >= 11 is 0. The number of rotatable bonds is 5. The summed E-state index contributed by atoms with van der Waals surface area (Å²) in [7, 11) is -0.213. The van der Waals surface area contributed by atoms with E-state index in [0.29, 0.717) is 41.4 Å². The number of nitrogens with one attached hydrogen (secondary N) is 1. The van der Waals surface area contributed by atoms with E-state index in [4.69, 9.17) is 9.47 Å². The Labute approximate surface area is 158 Å². The molecule has 27 heavy (non-hydrogen) atoms. The maximum atomic E-state index is 12.5. The number of benzene rings is 2. The molecule has 7 nitrogen and oxygen atoms in total. The number of carbonyl (C=O) groups is 1. The largest absolute Gasteiger partial charge is 0.493 e. The lowest BCUT2D eigenvalue weighted by Gasteiger charge is -2.28. The summed E-state index contributed by atoms with van der Waals surface area (Å²) in [6, 6.07) is 11.7. The molecule has 1 aliphatic heterocycles. The molecule has 8 heteroatoms. The van der Waals surface area contributed by atoms with Gasteiger partial charge in [0.05, 0.1) is 25.7 Å². The van der Waals surface area contributed by atoms with Gasteiger partial charge < -0.3 is 14.8 Å². The first-order valence-electron chi connectivity index (χ1n) is 8.58. The minimum atomic E-state index is -3.25. The van der Waals surface area contributed by atoms with Crippen molar-refractivity contribution in [2.24, 2.45) is 0 Å². The third kappa shape index (κ3) is 4.16. The van der Waals surface area contributed by atoms with Crippen LogP contribution in [0, 0.1) is 0 Å². The Kier molecular flexibility index (Phi) is 5.55. The quantitative estimate of drug-likeness (QED) is 0.849. The number of amides is 1. The molecule has 2 aromatic carbocycles. The van der Waals surface area contributed by atoms with E-state index in [0.717, 1.165) is 6.42 Å². The Hall–Kier alpha value is -2.74. The topological polar surface area (TPSA) is 84.9 Å². The van der Waals surface area contributed by atoms with Crippen LogP contribution in [-0.4, -0.2) is 40.8 Å². The predicted octanol–water partition coefficient (Wildman–Crippen LogP) is 2.89. The SMILES string of the molecule is COc1ccc(C(=O)Nc2ccc(N3CCCCS3(=O)=O)cc2)cc1OC. The van der Waals surface area contributed by atoms with Crippen molar-refractivity contribution in [2.75, 3.05) is 36.1 Å². The highest BCUT2D eigenvalue weighted by Gasteiger charge is 2.25. The summed E-state index contributed by atoms with van der Waals surface area (Å²) in [6.45, 7) is 0.486. The lowest BCUT2D eigenvalue weighted by atomic mass is 10.1. The Morgan fingerprint density at radius 2 is 1.70 bits per heavy atom. The van der Waals surface area contributed by atoms with Crippen LogP contribution in [0.3, 0.4) is 0 Å². The van der Waals surface area contributed by atoms with Crippen LogP contribution in [0.25, 0.3) is 0 Å². The van der Waals surface area contributed by atoms with Crippen LogP contribution in [0.15, 0.2) is 42.5 Å². The zero-order valence-electron chi connectivity index (χ0n) is 15.3. The smallest absolute Gasteiger partial charge is 0.255 e. The molecule has 1 saturated heterocycles. The molecule has 1 heterocycles. The second-order valence-corrected chi connectivity index (χ2v) is 8.18. The van der Waals surface area contributed by atoms with E-state index in [1.54, 1.807) is 42.5 Å². The van der Waals surface area contributed by atoms with Crippen molar-refractivity contribution in [2.45, 2.75) is 12.8 Å². The summed E-state index contributed by atoms with van der Waals surface area (Å²) < 4.78 is 36.2. The molecule has 1 aliphatic rings. The Bertz CT molecular complexity index is 926. The number of hydrogen-bond acceptors (Lipinski definition) is 5. The Morgan fingerprint density at radius 1 is 1.00 bits per heavy atom. The average Bonchev–Trinajstić information content (AvgIpc) is 2.68. The van der Waals surface area contributed by atoms with Gasteiger partial charge in [-0.25, -0.2) is 8.42 Å². The van der Waals surface area contributed by atoms with Crippen molar-refractivity contribution in [1.82, 2.24) is 0 Å². The van der Waals surface area contributed by atoms with Crippen molar-refractivity contribution in [3.63, 3.8) is 0 Å². The summed E-state index contributed by atoms with van der Waals surface area (Å²) in [5.41, 5.74) is 1.61. The van der Waals surface area contributed by atoms with Gasteiger partial charge >= 0.3 is 0 Å². The highest BCUT2D eigenvalue weighted by Crippen LogP contribution is 2.28. The third-order valence-corrected chi connectivity index (χ3v) is 6.28. The monoisotopic (exact) mass is 390 g/mol. The van der Waals surface area contributed by atoms with E-state index >= 15 is 0 Å². The van der Waals surface area contributed by atoms with Gasteiger partial charge in [-0.1, -0.05) is 0 Å². The van der Waals surface area contributed by atoms with Gasteiger partial charge in [-0.3, -0.25) is 9.10 Å². The molecule has 0 unspecified atom stereocenters. The van der Waals surface area contributed by atoms with Crippen LogP contribution >= 0.6 is 0 Å². The zero-order valence-corrected chi connectivity index (χ0v) is 16.1.